The third kappa shape index (κ3) is 5.53. The van der Waals surface area contributed by atoms with E-state index in [9.17, 15) is 4.79 Å². The molecule has 1 aromatic heterocycles. The van der Waals surface area contributed by atoms with Crippen LogP contribution in [0.5, 0.6) is 0 Å². The average molecular weight is 322 g/mol. The van der Waals surface area contributed by atoms with Gasteiger partial charge < -0.3 is 15.4 Å². The van der Waals surface area contributed by atoms with Crippen molar-refractivity contribution < 1.29 is 9.53 Å². The molecule has 6 nitrogen and oxygen atoms in total. The van der Waals surface area contributed by atoms with Crippen molar-refractivity contribution in [3.8, 4) is 0 Å². The van der Waals surface area contributed by atoms with Crippen LogP contribution < -0.4 is 10.6 Å². The molecule has 23 heavy (non-hydrogen) atoms. The molecule has 3 N–H and O–H groups in total. The van der Waals surface area contributed by atoms with E-state index in [1.807, 2.05) is 34.6 Å². The second-order valence-electron chi connectivity index (χ2n) is 7.50. The molecule has 0 saturated heterocycles. The van der Waals surface area contributed by atoms with Crippen molar-refractivity contribution in [2.45, 2.75) is 84.5 Å². The lowest BCUT2D eigenvalue weighted by atomic mass is 9.91. The van der Waals surface area contributed by atoms with Gasteiger partial charge in [0.05, 0.1) is 5.69 Å². The second-order valence-corrected chi connectivity index (χ2v) is 7.50. The first-order valence-electron chi connectivity index (χ1n) is 8.48. The summed E-state index contributed by atoms with van der Waals surface area (Å²) in [6.07, 6.45) is 3.89. The van der Waals surface area contributed by atoms with Crippen LogP contribution >= 0.6 is 0 Å². The van der Waals surface area contributed by atoms with Gasteiger partial charge in [-0.3, -0.25) is 5.10 Å². The molecule has 1 fully saturated rings. The molecule has 1 amide bonds. The summed E-state index contributed by atoms with van der Waals surface area (Å²) in [5, 5.41) is 13.9. The number of alkyl carbamates (subject to hydrolysis) is 1. The van der Waals surface area contributed by atoms with Crippen LogP contribution in [0.4, 0.5) is 4.79 Å². The fourth-order valence-corrected chi connectivity index (χ4v) is 3.06. The van der Waals surface area contributed by atoms with Crippen LogP contribution in [-0.4, -0.2) is 34.0 Å². The molecule has 1 heterocycles. The average Bonchev–Trinajstić information content (AvgIpc) is 2.74. The highest BCUT2D eigenvalue weighted by molar-refractivity contribution is 5.68. The highest BCUT2D eigenvalue weighted by Gasteiger charge is 2.25. The van der Waals surface area contributed by atoms with E-state index in [4.69, 9.17) is 4.74 Å². The first kappa shape index (κ1) is 17.8. The summed E-state index contributed by atoms with van der Waals surface area (Å²) in [6, 6.07) is 0.597. The Hall–Kier alpha value is -1.56. The van der Waals surface area contributed by atoms with Crippen molar-refractivity contribution in [1.29, 1.82) is 0 Å². The smallest absolute Gasteiger partial charge is 0.407 e. The second kappa shape index (κ2) is 7.34. The summed E-state index contributed by atoms with van der Waals surface area (Å²) in [7, 11) is 0. The van der Waals surface area contributed by atoms with Crippen molar-refractivity contribution in [2.75, 3.05) is 0 Å². The fourth-order valence-electron chi connectivity index (χ4n) is 3.06. The van der Waals surface area contributed by atoms with Gasteiger partial charge in [0.25, 0.3) is 0 Å². The van der Waals surface area contributed by atoms with Crippen molar-refractivity contribution in [3.63, 3.8) is 0 Å². The van der Waals surface area contributed by atoms with Crippen molar-refractivity contribution in [1.82, 2.24) is 20.8 Å². The lowest BCUT2D eigenvalue weighted by molar-refractivity contribution is 0.0488. The van der Waals surface area contributed by atoms with Gasteiger partial charge in [0.1, 0.15) is 5.60 Å². The highest BCUT2D eigenvalue weighted by Crippen LogP contribution is 2.20. The van der Waals surface area contributed by atoms with Gasteiger partial charge in [-0.15, -0.1) is 0 Å². The standard InChI is InChI=1S/C17H30N4O2/c1-11-15(12(2)21-20-11)10-18-13-7-6-8-14(9-13)19-16(22)23-17(3,4)5/h13-14,18H,6-10H2,1-5H3,(H,19,22)(H,20,21)/t13-,14-/m1/s1. The van der Waals surface area contributed by atoms with Gasteiger partial charge in [-0.25, -0.2) is 4.79 Å². The maximum atomic E-state index is 11.9. The minimum absolute atomic E-state index is 0.183. The van der Waals surface area contributed by atoms with E-state index in [0.29, 0.717) is 6.04 Å². The number of aryl methyl sites for hydroxylation is 2. The number of aromatic nitrogens is 2. The zero-order chi connectivity index (χ0) is 17.0. The number of carbonyl (C=O) groups excluding carboxylic acids is 1. The molecule has 0 unspecified atom stereocenters. The zero-order valence-corrected chi connectivity index (χ0v) is 15.0. The predicted octanol–water partition coefficient (Wildman–Crippen LogP) is 2.95. The number of nitrogens with one attached hydrogen (secondary N) is 3. The molecule has 0 bridgehead atoms. The SMILES string of the molecule is Cc1n[nH]c(C)c1CN[C@@H]1CCC[C@@H](NC(=O)OC(C)(C)C)C1. The third-order valence-corrected chi connectivity index (χ3v) is 4.24. The van der Waals surface area contributed by atoms with Gasteiger partial charge in [0, 0.05) is 29.9 Å². The Labute approximate surface area is 138 Å². The van der Waals surface area contributed by atoms with Crippen LogP contribution in [-0.2, 0) is 11.3 Å². The summed E-state index contributed by atoms with van der Waals surface area (Å²) < 4.78 is 5.34. The maximum absolute atomic E-state index is 11.9. The van der Waals surface area contributed by atoms with Crippen molar-refractivity contribution in [2.24, 2.45) is 0 Å². The Balaban J connectivity index is 1.80. The molecule has 1 saturated carbocycles. The molecule has 0 aromatic carbocycles. The maximum Gasteiger partial charge on any atom is 0.407 e. The van der Waals surface area contributed by atoms with E-state index in [1.165, 1.54) is 5.56 Å². The Morgan fingerprint density at radius 3 is 2.61 bits per heavy atom. The Kier molecular flexibility index (Phi) is 5.68. The monoisotopic (exact) mass is 322 g/mol. The van der Waals surface area contributed by atoms with Gasteiger partial charge in [0.2, 0.25) is 0 Å². The number of hydrogen-bond acceptors (Lipinski definition) is 4. The molecule has 2 rings (SSSR count). The van der Waals surface area contributed by atoms with Crippen LogP contribution in [0.15, 0.2) is 0 Å². The molecular formula is C17H30N4O2. The van der Waals surface area contributed by atoms with E-state index in [0.717, 1.165) is 43.6 Å². The topological polar surface area (TPSA) is 79.0 Å². The van der Waals surface area contributed by atoms with Gasteiger partial charge >= 0.3 is 6.09 Å². The molecule has 1 aliphatic rings. The number of nitrogens with zero attached hydrogens (tertiary/aromatic N) is 1. The zero-order valence-electron chi connectivity index (χ0n) is 15.0. The lowest BCUT2D eigenvalue weighted by Gasteiger charge is -2.31. The molecule has 6 heteroatoms. The van der Waals surface area contributed by atoms with E-state index >= 15 is 0 Å². The normalized spacial score (nSPS) is 22.0. The molecule has 2 atom stereocenters. The summed E-state index contributed by atoms with van der Waals surface area (Å²) in [5.74, 6) is 0. The van der Waals surface area contributed by atoms with Crippen molar-refractivity contribution in [3.05, 3.63) is 17.0 Å². The lowest BCUT2D eigenvalue weighted by Crippen LogP contribution is -2.45. The number of ether oxygens (including phenoxy) is 1. The molecule has 0 radical (unpaired) electrons. The Morgan fingerprint density at radius 2 is 2.00 bits per heavy atom. The first-order chi connectivity index (χ1) is 10.7. The van der Waals surface area contributed by atoms with Crippen LogP contribution in [0.1, 0.15) is 63.4 Å². The highest BCUT2D eigenvalue weighted by atomic mass is 16.6. The van der Waals surface area contributed by atoms with Gasteiger partial charge in [0.15, 0.2) is 0 Å². The number of carbonyl (C=O) groups is 1. The molecule has 130 valence electrons. The summed E-state index contributed by atoms with van der Waals surface area (Å²) in [4.78, 5) is 11.9. The quantitative estimate of drug-likeness (QED) is 0.796. The minimum Gasteiger partial charge on any atom is -0.444 e. The summed E-state index contributed by atoms with van der Waals surface area (Å²) in [6.45, 7) is 10.5. The number of amides is 1. The number of H-pyrrole nitrogens is 1. The van der Waals surface area contributed by atoms with E-state index in [-0.39, 0.29) is 12.1 Å². The van der Waals surface area contributed by atoms with E-state index in [1.54, 1.807) is 0 Å². The van der Waals surface area contributed by atoms with Crippen LogP contribution in [0.3, 0.4) is 0 Å². The summed E-state index contributed by atoms with van der Waals surface area (Å²) in [5.41, 5.74) is 2.96. The largest absolute Gasteiger partial charge is 0.444 e. The predicted molar refractivity (Wildman–Crippen MR) is 90.3 cm³/mol. The first-order valence-corrected chi connectivity index (χ1v) is 8.48. The Morgan fingerprint density at radius 1 is 1.30 bits per heavy atom. The fraction of sp³-hybridized carbons (Fsp3) is 0.765. The van der Waals surface area contributed by atoms with Crippen LogP contribution in [0.2, 0.25) is 0 Å². The number of hydrogen-bond donors (Lipinski definition) is 3. The number of rotatable bonds is 4. The third-order valence-electron chi connectivity index (χ3n) is 4.24. The van der Waals surface area contributed by atoms with Crippen LogP contribution in [0.25, 0.3) is 0 Å². The molecule has 0 spiro atoms. The number of aromatic amines is 1. The van der Waals surface area contributed by atoms with E-state index in [2.05, 4.69) is 20.8 Å². The Bertz CT molecular complexity index is 514. The molecular weight excluding hydrogens is 292 g/mol. The van der Waals surface area contributed by atoms with Gasteiger partial charge in [-0.05, 0) is 60.3 Å². The van der Waals surface area contributed by atoms with Crippen LogP contribution in [0, 0.1) is 13.8 Å². The van der Waals surface area contributed by atoms with E-state index < -0.39 is 5.60 Å². The van der Waals surface area contributed by atoms with Gasteiger partial charge in [-0.2, -0.15) is 5.10 Å². The molecule has 1 aromatic rings. The van der Waals surface area contributed by atoms with Crippen molar-refractivity contribution >= 4 is 6.09 Å². The molecule has 0 aliphatic heterocycles. The summed E-state index contributed by atoms with van der Waals surface area (Å²) >= 11 is 0. The van der Waals surface area contributed by atoms with Gasteiger partial charge in [-0.1, -0.05) is 0 Å². The molecule has 1 aliphatic carbocycles. The minimum atomic E-state index is -0.452.